The van der Waals surface area contributed by atoms with Crippen LogP contribution in [0.3, 0.4) is 0 Å². The molecule has 0 fully saturated rings. The van der Waals surface area contributed by atoms with Crippen molar-refractivity contribution in [3.05, 3.63) is 77.1 Å². The molecule has 1 atom stereocenters. The maximum absolute atomic E-state index is 13.7. The van der Waals surface area contributed by atoms with Gasteiger partial charge in [-0.05, 0) is 37.3 Å². The van der Waals surface area contributed by atoms with Crippen LogP contribution >= 0.6 is 0 Å². The first-order chi connectivity index (χ1) is 13.1. The Kier molecular flexibility index (Phi) is 5.12. The van der Waals surface area contributed by atoms with Crippen LogP contribution in [-0.2, 0) is 9.84 Å². The average Bonchev–Trinajstić information content (AvgIpc) is 2.91. The number of hydrogen-bond donors (Lipinski definition) is 0. The van der Waals surface area contributed by atoms with Crippen LogP contribution in [0.2, 0.25) is 0 Å². The monoisotopic (exact) mass is 409 g/mol. The highest BCUT2D eigenvalue weighted by Gasteiger charge is 2.45. The number of rotatable bonds is 5. The Bertz CT molecular complexity index is 1040. The number of halogens is 3. The van der Waals surface area contributed by atoms with Crippen molar-refractivity contribution >= 4 is 21.7 Å². The Balaban J connectivity index is 2.17. The molecule has 0 aromatic heterocycles. The normalized spacial score (nSPS) is 15.9. The number of amides is 2. The van der Waals surface area contributed by atoms with E-state index in [4.69, 9.17) is 0 Å². The van der Waals surface area contributed by atoms with Gasteiger partial charge in [0, 0.05) is 0 Å². The molecule has 28 heavy (non-hydrogen) atoms. The molecule has 0 spiro atoms. The number of benzene rings is 2. The number of allylic oxidation sites excluding steroid dienone is 1. The van der Waals surface area contributed by atoms with Crippen molar-refractivity contribution < 1.29 is 31.2 Å². The summed E-state index contributed by atoms with van der Waals surface area (Å²) in [5, 5.41) is -2.25. The van der Waals surface area contributed by atoms with Crippen molar-refractivity contribution in [2.24, 2.45) is 0 Å². The molecule has 2 amide bonds. The quantitative estimate of drug-likeness (QED) is 0.709. The van der Waals surface area contributed by atoms with Crippen molar-refractivity contribution in [3.8, 4) is 0 Å². The minimum Gasteiger partial charge on any atom is -0.269 e. The van der Waals surface area contributed by atoms with E-state index in [1.165, 1.54) is 48.5 Å². The number of sulfone groups is 1. The van der Waals surface area contributed by atoms with Crippen molar-refractivity contribution in [1.82, 2.24) is 4.90 Å². The number of carbonyl (C=O) groups excluding carboxylic acids is 2. The van der Waals surface area contributed by atoms with Gasteiger partial charge < -0.3 is 0 Å². The topological polar surface area (TPSA) is 71.5 Å². The van der Waals surface area contributed by atoms with Crippen molar-refractivity contribution in [2.45, 2.75) is 23.6 Å². The van der Waals surface area contributed by atoms with Gasteiger partial charge in [0.1, 0.15) is 0 Å². The molecule has 1 aliphatic heterocycles. The maximum atomic E-state index is 13.7. The smallest absolute Gasteiger partial charge is 0.269 e. The van der Waals surface area contributed by atoms with E-state index < -0.39 is 39.3 Å². The molecule has 9 heteroatoms. The second-order valence-electron chi connectivity index (χ2n) is 6.13. The molecule has 0 aliphatic carbocycles. The third-order valence-electron chi connectivity index (χ3n) is 4.26. The van der Waals surface area contributed by atoms with Gasteiger partial charge in [-0.3, -0.25) is 14.5 Å². The Morgan fingerprint density at radius 2 is 1.46 bits per heavy atom. The lowest BCUT2D eigenvalue weighted by Crippen LogP contribution is -2.44. The molecule has 2 aromatic rings. The fourth-order valence-corrected chi connectivity index (χ4v) is 4.39. The molecular weight excluding hydrogens is 395 g/mol. The molecule has 1 unspecified atom stereocenters. The number of alkyl halides is 2. The van der Waals surface area contributed by atoms with Gasteiger partial charge in [0.2, 0.25) is 9.84 Å². The van der Waals surface area contributed by atoms with Gasteiger partial charge in [0.25, 0.3) is 18.2 Å². The summed E-state index contributed by atoms with van der Waals surface area (Å²) in [6.07, 6.45) is -3.49. The number of carbonyl (C=O) groups is 2. The third kappa shape index (κ3) is 3.33. The van der Waals surface area contributed by atoms with Gasteiger partial charge in [0.05, 0.1) is 16.0 Å². The first-order valence-electron chi connectivity index (χ1n) is 8.07. The minimum atomic E-state index is -4.58. The van der Waals surface area contributed by atoms with Crippen LogP contribution in [0, 0.1) is 6.92 Å². The summed E-state index contributed by atoms with van der Waals surface area (Å²) in [6.45, 7) is 1.70. The molecule has 0 radical (unpaired) electrons. The van der Waals surface area contributed by atoms with Gasteiger partial charge in [0.15, 0.2) is 11.2 Å². The van der Waals surface area contributed by atoms with Gasteiger partial charge in [-0.15, -0.1) is 0 Å². The highest BCUT2D eigenvalue weighted by Crippen LogP contribution is 2.31. The Labute approximate surface area is 159 Å². The molecule has 0 saturated carbocycles. The van der Waals surface area contributed by atoms with Gasteiger partial charge in [-0.1, -0.05) is 29.8 Å². The SMILES string of the molecule is Cc1ccc(S(=O)(=O)C(C=C(F)C(F)F)N2C(=O)c3ccccc3C2=O)cc1. The average molecular weight is 409 g/mol. The first-order valence-corrected chi connectivity index (χ1v) is 9.62. The number of aryl methyl sites for hydroxylation is 1. The van der Waals surface area contributed by atoms with E-state index >= 15 is 0 Å². The highest BCUT2D eigenvalue weighted by molar-refractivity contribution is 7.92. The largest absolute Gasteiger partial charge is 0.289 e. The number of imide groups is 1. The molecule has 2 aromatic carbocycles. The summed E-state index contributed by atoms with van der Waals surface area (Å²) in [5.74, 6) is -4.04. The van der Waals surface area contributed by atoms with Crippen LogP contribution in [0.1, 0.15) is 26.3 Å². The molecule has 0 N–H and O–H groups in total. The Hall–Kier alpha value is -2.94. The number of nitrogens with zero attached hydrogens (tertiary/aromatic N) is 1. The van der Waals surface area contributed by atoms with E-state index in [1.54, 1.807) is 6.92 Å². The van der Waals surface area contributed by atoms with Crippen LogP contribution < -0.4 is 0 Å². The van der Waals surface area contributed by atoms with E-state index in [9.17, 15) is 31.2 Å². The van der Waals surface area contributed by atoms with E-state index in [0.29, 0.717) is 4.90 Å². The minimum absolute atomic E-state index is 0.0811. The predicted molar refractivity (Wildman–Crippen MR) is 94.3 cm³/mol. The molecular formula is C19H14F3NO4S. The van der Waals surface area contributed by atoms with E-state index in [-0.39, 0.29) is 22.1 Å². The fourth-order valence-electron chi connectivity index (χ4n) is 2.82. The predicted octanol–water partition coefficient (Wildman–Crippen LogP) is 3.51. The lowest BCUT2D eigenvalue weighted by Gasteiger charge is -2.24. The van der Waals surface area contributed by atoms with E-state index in [1.807, 2.05) is 0 Å². The summed E-state index contributed by atoms with van der Waals surface area (Å²) in [5.41, 5.74) is 0.565. The van der Waals surface area contributed by atoms with Crippen molar-refractivity contribution in [2.75, 3.05) is 0 Å². The molecule has 146 valence electrons. The molecule has 5 nitrogen and oxygen atoms in total. The highest BCUT2D eigenvalue weighted by atomic mass is 32.2. The first kappa shape index (κ1) is 19.8. The Morgan fingerprint density at radius 1 is 0.964 bits per heavy atom. The molecule has 0 bridgehead atoms. The fraction of sp³-hybridized carbons (Fsp3) is 0.158. The van der Waals surface area contributed by atoms with Gasteiger partial charge in [-0.2, -0.15) is 0 Å². The van der Waals surface area contributed by atoms with Crippen LogP contribution in [0.5, 0.6) is 0 Å². The lowest BCUT2D eigenvalue weighted by atomic mass is 10.1. The molecule has 0 saturated heterocycles. The summed E-state index contributed by atoms with van der Waals surface area (Å²) >= 11 is 0. The summed E-state index contributed by atoms with van der Waals surface area (Å²) in [7, 11) is -4.58. The maximum Gasteiger partial charge on any atom is 0.289 e. The second kappa shape index (κ2) is 7.23. The zero-order chi connectivity index (χ0) is 20.6. The van der Waals surface area contributed by atoms with Crippen molar-refractivity contribution in [3.63, 3.8) is 0 Å². The zero-order valence-electron chi connectivity index (χ0n) is 14.5. The van der Waals surface area contributed by atoms with E-state index in [2.05, 4.69) is 0 Å². The van der Waals surface area contributed by atoms with Gasteiger partial charge >= 0.3 is 0 Å². The van der Waals surface area contributed by atoms with Gasteiger partial charge in [-0.25, -0.2) is 21.6 Å². The van der Waals surface area contributed by atoms with E-state index in [0.717, 1.165) is 5.56 Å². The standard InChI is InChI=1S/C19H14F3NO4S/c1-11-6-8-12(9-7-11)28(26,27)16(10-15(20)17(21)22)23-18(24)13-4-2-3-5-14(13)19(23)25/h2-10,16-17H,1H3. The van der Waals surface area contributed by atoms with Crippen LogP contribution in [0.4, 0.5) is 13.2 Å². The third-order valence-corrected chi connectivity index (χ3v) is 6.17. The molecule has 1 aliphatic rings. The number of fused-ring (bicyclic) bond motifs is 1. The summed E-state index contributed by atoms with van der Waals surface area (Å²) < 4.78 is 65.3. The Morgan fingerprint density at radius 3 is 1.93 bits per heavy atom. The molecule has 3 rings (SSSR count). The van der Waals surface area contributed by atoms with Crippen LogP contribution in [0.25, 0.3) is 0 Å². The summed E-state index contributed by atoms with van der Waals surface area (Å²) in [6, 6.07) is 10.8. The zero-order valence-corrected chi connectivity index (χ0v) is 15.3. The lowest BCUT2D eigenvalue weighted by molar-refractivity contribution is 0.0648. The van der Waals surface area contributed by atoms with Crippen LogP contribution in [-0.4, -0.2) is 36.9 Å². The van der Waals surface area contributed by atoms with Crippen molar-refractivity contribution in [1.29, 1.82) is 0 Å². The van der Waals surface area contributed by atoms with Crippen LogP contribution in [0.15, 0.2) is 65.3 Å². The number of hydrogen-bond acceptors (Lipinski definition) is 4. The second-order valence-corrected chi connectivity index (χ2v) is 8.17. The molecule has 1 heterocycles. The summed E-state index contributed by atoms with van der Waals surface area (Å²) in [4.78, 5) is 25.2.